The summed E-state index contributed by atoms with van der Waals surface area (Å²) in [5, 5.41) is 4.13. The number of benzene rings is 3. The zero-order valence-corrected chi connectivity index (χ0v) is 21.8. The van der Waals surface area contributed by atoms with Gasteiger partial charge in [0.15, 0.2) is 0 Å². The second kappa shape index (κ2) is 11.8. The molecule has 2 N–H and O–H groups in total. The van der Waals surface area contributed by atoms with Crippen molar-refractivity contribution in [2.24, 2.45) is 0 Å². The maximum Gasteiger partial charge on any atom is 0.240 e. The second-order valence-corrected chi connectivity index (χ2v) is 11.1. The van der Waals surface area contributed by atoms with E-state index in [0.717, 1.165) is 23.1 Å². The lowest BCUT2D eigenvalue weighted by Crippen LogP contribution is -2.54. The quantitative estimate of drug-likeness (QED) is 0.443. The maximum atomic E-state index is 13.6. The lowest BCUT2D eigenvalue weighted by molar-refractivity contribution is -0.133. The molecule has 190 valence electrons. The topological polar surface area (TPSA) is 81.8 Å². The number of nitrogens with zero attached hydrogens (tertiary/aromatic N) is 2. The molecule has 0 unspecified atom stereocenters. The summed E-state index contributed by atoms with van der Waals surface area (Å²) in [7, 11) is -3.39. The number of amides is 1. The number of carbonyl (C=O) groups excluding carboxylic acids is 1. The van der Waals surface area contributed by atoms with Crippen molar-refractivity contribution >= 4 is 38.9 Å². The fraction of sp³-hybridized carbons (Fsp3) is 0.296. The van der Waals surface area contributed by atoms with Crippen LogP contribution in [0.15, 0.2) is 78.9 Å². The number of carbonyl (C=O) groups is 1. The Morgan fingerprint density at radius 1 is 0.889 bits per heavy atom. The van der Waals surface area contributed by atoms with Gasteiger partial charge in [0.2, 0.25) is 15.9 Å². The van der Waals surface area contributed by atoms with E-state index >= 15 is 0 Å². The van der Waals surface area contributed by atoms with E-state index in [-0.39, 0.29) is 11.9 Å². The smallest absolute Gasteiger partial charge is 0.240 e. The number of para-hydroxylation sites is 2. The van der Waals surface area contributed by atoms with Crippen LogP contribution in [0, 0.1) is 0 Å². The number of rotatable bonds is 9. The van der Waals surface area contributed by atoms with Crippen LogP contribution in [0.3, 0.4) is 0 Å². The Morgan fingerprint density at radius 2 is 1.53 bits per heavy atom. The zero-order valence-electron chi connectivity index (χ0n) is 20.2. The summed E-state index contributed by atoms with van der Waals surface area (Å²) in [6.07, 6.45) is 1.70. The van der Waals surface area contributed by atoms with Crippen molar-refractivity contribution in [1.29, 1.82) is 0 Å². The van der Waals surface area contributed by atoms with Gasteiger partial charge in [0, 0.05) is 37.7 Å². The van der Waals surface area contributed by atoms with Gasteiger partial charge in [0.25, 0.3) is 0 Å². The molecule has 0 aliphatic carbocycles. The Morgan fingerprint density at radius 3 is 2.19 bits per heavy atom. The molecule has 3 aromatic rings. The summed E-state index contributed by atoms with van der Waals surface area (Å²) < 4.78 is 26.2. The predicted octanol–water partition coefficient (Wildman–Crippen LogP) is 3.76. The van der Waals surface area contributed by atoms with Crippen LogP contribution < -0.4 is 14.9 Å². The Bertz CT molecular complexity index is 1260. The van der Waals surface area contributed by atoms with Gasteiger partial charge in [-0.1, -0.05) is 66.2 Å². The lowest BCUT2D eigenvalue weighted by atomic mass is 10.0. The maximum absolute atomic E-state index is 13.6. The Labute approximate surface area is 218 Å². The number of hydrogen-bond acceptors (Lipinski definition) is 5. The summed E-state index contributed by atoms with van der Waals surface area (Å²) in [5.74, 6) is 0.0584. The molecule has 7 nitrogen and oxygen atoms in total. The molecule has 1 aliphatic heterocycles. The monoisotopic (exact) mass is 526 g/mol. The number of sulfonamides is 1. The number of piperazine rings is 1. The lowest BCUT2D eigenvalue weighted by Gasteiger charge is -2.38. The first-order chi connectivity index (χ1) is 17.3. The minimum atomic E-state index is -3.39. The van der Waals surface area contributed by atoms with Crippen molar-refractivity contribution in [3.05, 3.63) is 95.0 Å². The van der Waals surface area contributed by atoms with E-state index in [1.165, 1.54) is 0 Å². The normalized spacial score (nSPS) is 14.9. The van der Waals surface area contributed by atoms with Crippen LogP contribution in [0.2, 0.25) is 5.02 Å². The minimum Gasteiger partial charge on any atom is -0.366 e. The highest BCUT2D eigenvalue weighted by Gasteiger charge is 2.28. The molecule has 1 heterocycles. The Balaban J connectivity index is 1.44. The van der Waals surface area contributed by atoms with Crippen LogP contribution >= 0.6 is 11.6 Å². The third-order valence-corrected chi connectivity index (χ3v) is 7.02. The molecule has 1 atom stereocenters. The summed E-state index contributed by atoms with van der Waals surface area (Å²) in [4.78, 5) is 17.6. The van der Waals surface area contributed by atoms with Crippen molar-refractivity contribution in [2.75, 3.05) is 42.1 Å². The number of anilines is 2. The van der Waals surface area contributed by atoms with Crippen molar-refractivity contribution < 1.29 is 13.2 Å². The summed E-state index contributed by atoms with van der Waals surface area (Å²) >= 11 is 6.05. The van der Waals surface area contributed by atoms with Gasteiger partial charge < -0.3 is 15.1 Å². The van der Waals surface area contributed by atoms with E-state index < -0.39 is 10.0 Å². The summed E-state index contributed by atoms with van der Waals surface area (Å²) in [6.45, 7) is 2.92. The Kier molecular flexibility index (Phi) is 8.51. The Hall–Kier alpha value is -3.07. The molecule has 0 saturated carbocycles. The van der Waals surface area contributed by atoms with E-state index in [1.807, 2.05) is 71.6 Å². The molecule has 0 spiro atoms. The van der Waals surface area contributed by atoms with Crippen LogP contribution in [0.5, 0.6) is 0 Å². The molecule has 1 fully saturated rings. The fourth-order valence-electron chi connectivity index (χ4n) is 4.36. The zero-order chi connectivity index (χ0) is 25.5. The highest BCUT2D eigenvalue weighted by molar-refractivity contribution is 7.92. The first kappa shape index (κ1) is 26.0. The van der Waals surface area contributed by atoms with E-state index in [2.05, 4.69) is 14.9 Å². The minimum absolute atomic E-state index is 0.0584. The van der Waals surface area contributed by atoms with Gasteiger partial charge >= 0.3 is 0 Å². The van der Waals surface area contributed by atoms with E-state index in [0.29, 0.717) is 49.9 Å². The number of hydrogen-bond donors (Lipinski definition) is 2. The molecule has 0 bridgehead atoms. The van der Waals surface area contributed by atoms with Crippen LogP contribution in [0.1, 0.15) is 11.1 Å². The van der Waals surface area contributed by atoms with Crippen LogP contribution in [0.25, 0.3) is 0 Å². The van der Waals surface area contributed by atoms with Crippen molar-refractivity contribution in [3.63, 3.8) is 0 Å². The summed E-state index contributed by atoms with van der Waals surface area (Å²) in [6, 6.07) is 24.6. The number of halogens is 1. The molecule has 0 radical (unpaired) electrons. The van der Waals surface area contributed by atoms with Gasteiger partial charge in [-0.15, -0.1) is 0 Å². The molecule has 1 saturated heterocycles. The molecular weight excluding hydrogens is 496 g/mol. The van der Waals surface area contributed by atoms with Gasteiger partial charge in [-0.25, -0.2) is 8.42 Å². The van der Waals surface area contributed by atoms with Gasteiger partial charge in [-0.3, -0.25) is 9.52 Å². The van der Waals surface area contributed by atoms with Gasteiger partial charge in [-0.2, -0.15) is 0 Å². The van der Waals surface area contributed by atoms with Crippen LogP contribution in [-0.4, -0.2) is 57.7 Å². The molecular formula is C27H31ClN4O3S. The van der Waals surface area contributed by atoms with Crippen molar-refractivity contribution in [2.45, 2.75) is 19.0 Å². The molecule has 1 amide bonds. The molecule has 4 rings (SSSR count). The standard InChI is InChI=1S/C27H31ClN4O3S/c1-36(34,35)30-24-9-5-6-10-26(24)31-15-17-32(18-16-31)27(33)25(19-21-11-13-23(28)14-12-21)29-20-22-7-3-2-4-8-22/h2-14,25,29-30H,15-20H2,1H3/t25-/m1/s1. The molecule has 0 aromatic heterocycles. The van der Waals surface area contributed by atoms with Crippen LogP contribution in [0.4, 0.5) is 11.4 Å². The first-order valence-corrected chi connectivity index (χ1v) is 14.2. The van der Waals surface area contributed by atoms with Crippen molar-refractivity contribution in [1.82, 2.24) is 10.2 Å². The second-order valence-electron chi connectivity index (χ2n) is 8.95. The van der Waals surface area contributed by atoms with E-state index in [9.17, 15) is 13.2 Å². The largest absolute Gasteiger partial charge is 0.366 e. The van der Waals surface area contributed by atoms with Gasteiger partial charge in [0.05, 0.1) is 23.7 Å². The van der Waals surface area contributed by atoms with E-state index in [4.69, 9.17) is 11.6 Å². The average Bonchev–Trinajstić information content (AvgIpc) is 2.87. The molecule has 9 heteroatoms. The van der Waals surface area contributed by atoms with Gasteiger partial charge in [-0.05, 0) is 41.8 Å². The molecule has 3 aromatic carbocycles. The van der Waals surface area contributed by atoms with E-state index in [1.54, 1.807) is 12.1 Å². The third kappa shape index (κ3) is 7.22. The SMILES string of the molecule is CS(=O)(=O)Nc1ccccc1N1CCN(C(=O)[C@@H](Cc2ccc(Cl)cc2)NCc2ccccc2)CC1. The fourth-order valence-corrected chi connectivity index (χ4v) is 5.06. The first-order valence-electron chi connectivity index (χ1n) is 11.9. The third-order valence-electron chi connectivity index (χ3n) is 6.18. The predicted molar refractivity (Wildman–Crippen MR) is 146 cm³/mol. The highest BCUT2D eigenvalue weighted by atomic mass is 35.5. The summed E-state index contributed by atoms with van der Waals surface area (Å²) in [5.41, 5.74) is 3.52. The van der Waals surface area contributed by atoms with Gasteiger partial charge in [0.1, 0.15) is 0 Å². The molecule has 1 aliphatic rings. The highest BCUT2D eigenvalue weighted by Crippen LogP contribution is 2.27. The average molecular weight is 527 g/mol. The van der Waals surface area contributed by atoms with Crippen LogP contribution in [-0.2, 0) is 27.8 Å². The number of nitrogens with one attached hydrogen (secondary N) is 2. The van der Waals surface area contributed by atoms with Crippen molar-refractivity contribution in [3.8, 4) is 0 Å². The molecule has 36 heavy (non-hydrogen) atoms.